The van der Waals surface area contributed by atoms with Crippen LogP contribution in [0.2, 0.25) is 0 Å². The molecule has 5 heteroatoms. The number of esters is 2. The minimum Gasteiger partial charge on any atom is -0.469 e. The molecule has 0 spiro atoms. The fourth-order valence-electron chi connectivity index (χ4n) is 2.93. The number of hydrogen-bond acceptors (Lipinski definition) is 5. The van der Waals surface area contributed by atoms with Gasteiger partial charge in [0.15, 0.2) is 0 Å². The minimum atomic E-state index is -0.238. The van der Waals surface area contributed by atoms with Gasteiger partial charge in [0.1, 0.15) is 0 Å². The minimum absolute atomic E-state index is 0.0506. The standard InChI is InChI=1S/C18H23NO4/c1-22-16(20)9-7-14(8-10-17(21)23-2)18-15-6-4-3-5-13(15)11-12-19-18/h3-6,14H,7-12H2,1-2H3. The highest BCUT2D eigenvalue weighted by atomic mass is 16.5. The molecule has 23 heavy (non-hydrogen) atoms. The van der Waals surface area contributed by atoms with Gasteiger partial charge >= 0.3 is 11.9 Å². The quantitative estimate of drug-likeness (QED) is 0.725. The average Bonchev–Trinajstić information content (AvgIpc) is 2.60. The zero-order chi connectivity index (χ0) is 16.7. The molecule has 0 amide bonds. The first kappa shape index (κ1) is 17.2. The molecule has 0 unspecified atom stereocenters. The number of hydrogen-bond donors (Lipinski definition) is 0. The molecule has 1 aromatic rings. The highest BCUT2D eigenvalue weighted by molar-refractivity contribution is 6.04. The lowest BCUT2D eigenvalue weighted by atomic mass is 9.84. The molecule has 1 aliphatic heterocycles. The van der Waals surface area contributed by atoms with Crippen molar-refractivity contribution in [2.24, 2.45) is 10.9 Å². The van der Waals surface area contributed by atoms with Crippen LogP contribution in [-0.4, -0.2) is 38.4 Å². The van der Waals surface area contributed by atoms with E-state index in [0.29, 0.717) is 25.7 Å². The fourth-order valence-corrected chi connectivity index (χ4v) is 2.93. The van der Waals surface area contributed by atoms with Gasteiger partial charge in [-0.25, -0.2) is 0 Å². The number of benzene rings is 1. The highest BCUT2D eigenvalue weighted by Gasteiger charge is 2.24. The smallest absolute Gasteiger partial charge is 0.305 e. The van der Waals surface area contributed by atoms with Crippen LogP contribution >= 0.6 is 0 Å². The molecule has 0 N–H and O–H groups in total. The van der Waals surface area contributed by atoms with E-state index in [9.17, 15) is 9.59 Å². The zero-order valence-corrected chi connectivity index (χ0v) is 13.7. The first-order valence-electron chi connectivity index (χ1n) is 7.92. The predicted molar refractivity (Wildman–Crippen MR) is 87.5 cm³/mol. The van der Waals surface area contributed by atoms with Gasteiger partial charge in [-0.2, -0.15) is 0 Å². The van der Waals surface area contributed by atoms with Crippen LogP contribution in [0.3, 0.4) is 0 Å². The Labute approximate surface area is 136 Å². The van der Waals surface area contributed by atoms with Gasteiger partial charge in [-0.1, -0.05) is 24.3 Å². The Morgan fingerprint density at radius 2 is 1.70 bits per heavy atom. The molecule has 5 nitrogen and oxygen atoms in total. The van der Waals surface area contributed by atoms with Crippen molar-refractivity contribution < 1.29 is 19.1 Å². The van der Waals surface area contributed by atoms with Crippen LogP contribution in [0.5, 0.6) is 0 Å². The van der Waals surface area contributed by atoms with Crippen molar-refractivity contribution in [3.8, 4) is 0 Å². The Bertz CT molecular complexity index is 574. The molecule has 2 rings (SSSR count). The SMILES string of the molecule is COC(=O)CCC(CCC(=O)OC)C1=NCCc2ccccc21. The van der Waals surface area contributed by atoms with E-state index in [0.717, 1.165) is 24.2 Å². The molecule has 1 heterocycles. The molecule has 0 fully saturated rings. The van der Waals surface area contributed by atoms with Crippen LogP contribution in [0.25, 0.3) is 0 Å². The summed E-state index contributed by atoms with van der Waals surface area (Å²) in [6.45, 7) is 0.749. The first-order valence-corrected chi connectivity index (χ1v) is 7.92. The topological polar surface area (TPSA) is 65.0 Å². The summed E-state index contributed by atoms with van der Waals surface area (Å²) in [5, 5.41) is 0. The molecule has 0 saturated carbocycles. The Hall–Kier alpha value is -2.17. The molecule has 1 aliphatic rings. The van der Waals surface area contributed by atoms with Gasteiger partial charge < -0.3 is 9.47 Å². The Morgan fingerprint density at radius 1 is 1.09 bits per heavy atom. The number of nitrogens with zero attached hydrogens (tertiary/aromatic N) is 1. The van der Waals surface area contributed by atoms with E-state index in [1.165, 1.54) is 19.8 Å². The summed E-state index contributed by atoms with van der Waals surface area (Å²) >= 11 is 0. The maximum absolute atomic E-state index is 11.5. The summed E-state index contributed by atoms with van der Waals surface area (Å²) in [6, 6.07) is 8.20. The molecular formula is C18H23NO4. The maximum Gasteiger partial charge on any atom is 0.305 e. The van der Waals surface area contributed by atoms with Crippen molar-refractivity contribution in [2.75, 3.05) is 20.8 Å². The second kappa shape index (κ2) is 8.46. The van der Waals surface area contributed by atoms with Gasteiger partial charge in [0.05, 0.1) is 14.2 Å². The lowest BCUT2D eigenvalue weighted by molar-refractivity contribution is -0.141. The van der Waals surface area contributed by atoms with Crippen molar-refractivity contribution >= 4 is 17.7 Å². The van der Waals surface area contributed by atoms with Crippen molar-refractivity contribution in [1.29, 1.82) is 0 Å². The maximum atomic E-state index is 11.5. The van der Waals surface area contributed by atoms with E-state index < -0.39 is 0 Å². The summed E-state index contributed by atoms with van der Waals surface area (Å²) < 4.78 is 9.47. The number of fused-ring (bicyclic) bond motifs is 1. The Kier molecular flexibility index (Phi) is 6.32. The summed E-state index contributed by atoms with van der Waals surface area (Å²) in [4.78, 5) is 27.7. The van der Waals surface area contributed by atoms with Crippen molar-refractivity contribution in [2.45, 2.75) is 32.1 Å². The van der Waals surface area contributed by atoms with E-state index >= 15 is 0 Å². The molecule has 0 saturated heterocycles. The van der Waals surface area contributed by atoms with Crippen molar-refractivity contribution in [1.82, 2.24) is 0 Å². The third-order valence-electron chi connectivity index (χ3n) is 4.19. The molecule has 0 atom stereocenters. The molecule has 124 valence electrons. The summed E-state index contributed by atoms with van der Waals surface area (Å²) in [7, 11) is 2.78. The zero-order valence-electron chi connectivity index (χ0n) is 13.7. The molecule has 1 aromatic carbocycles. The van der Waals surface area contributed by atoms with Gasteiger partial charge in [-0.3, -0.25) is 14.6 Å². The van der Waals surface area contributed by atoms with E-state index in [1.807, 2.05) is 12.1 Å². The summed E-state index contributed by atoms with van der Waals surface area (Å²) in [6.07, 6.45) is 2.82. The van der Waals surface area contributed by atoms with Gasteiger partial charge in [0, 0.05) is 31.0 Å². The van der Waals surface area contributed by atoms with Gasteiger partial charge in [0.25, 0.3) is 0 Å². The van der Waals surface area contributed by atoms with Crippen molar-refractivity contribution in [3.63, 3.8) is 0 Å². The van der Waals surface area contributed by atoms with Gasteiger partial charge in [0.2, 0.25) is 0 Å². The predicted octanol–water partition coefficient (Wildman–Crippen LogP) is 2.55. The van der Waals surface area contributed by atoms with Crippen LogP contribution in [0.4, 0.5) is 0 Å². The number of methoxy groups -OCH3 is 2. The molecule has 0 aliphatic carbocycles. The van der Waals surface area contributed by atoms with Crippen LogP contribution in [0.1, 0.15) is 36.8 Å². The lowest BCUT2D eigenvalue weighted by Gasteiger charge is -2.24. The van der Waals surface area contributed by atoms with Crippen LogP contribution in [0, 0.1) is 5.92 Å². The average molecular weight is 317 g/mol. The second-order valence-electron chi connectivity index (χ2n) is 5.60. The van der Waals surface area contributed by atoms with Crippen LogP contribution in [-0.2, 0) is 25.5 Å². The number of ether oxygens (including phenoxy) is 2. The van der Waals surface area contributed by atoms with Gasteiger partial charge in [-0.15, -0.1) is 0 Å². The van der Waals surface area contributed by atoms with E-state index in [4.69, 9.17) is 14.5 Å². The first-order chi connectivity index (χ1) is 11.2. The summed E-state index contributed by atoms with van der Waals surface area (Å²) in [5.74, 6) is -0.426. The number of carbonyl (C=O) groups is 2. The Morgan fingerprint density at radius 3 is 2.30 bits per heavy atom. The van der Waals surface area contributed by atoms with Crippen LogP contribution < -0.4 is 0 Å². The molecule has 0 radical (unpaired) electrons. The van der Waals surface area contributed by atoms with E-state index in [-0.39, 0.29) is 17.9 Å². The largest absolute Gasteiger partial charge is 0.469 e. The van der Waals surface area contributed by atoms with Crippen molar-refractivity contribution in [3.05, 3.63) is 35.4 Å². The molecular weight excluding hydrogens is 294 g/mol. The van der Waals surface area contributed by atoms with E-state index in [2.05, 4.69) is 12.1 Å². The van der Waals surface area contributed by atoms with E-state index in [1.54, 1.807) is 0 Å². The normalized spacial score (nSPS) is 13.3. The van der Waals surface area contributed by atoms with Crippen LogP contribution in [0.15, 0.2) is 29.3 Å². The summed E-state index contributed by atoms with van der Waals surface area (Å²) in [5.41, 5.74) is 3.41. The monoisotopic (exact) mass is 317 g/mol. The number of rotatable bonds is 7. The third kappa shape index (κ3) is 4.65. The fraction of sp³-hybridized carbons (Fsp3) is 0.500. The second-order valence-corrected chi connectivity index (χ2v) is 5.60. The third-order valence-corrected chi connectivity index (χ3v) is 4.19. The number of aliphatic imine (C=N–C) groups is 1. The molecule has 0 aromatic heterocycles. The highest BCUT2D eigenvalue weighted by Crippen LogP contribution is 2.26. The molecule has 0 bridgehead atoms. The van der Waals surface area contributed by atoms with Gasteiger partial charge in [-0.05, 0) is 30.4 Å². The number of carbonyl (C=O) groups excluding carboxylic acids is 2. The lowest BCUT2D eigenvalue weighted by Crippen LogP contribution is -2.24. The Balaban J connectivity index is 2.16.